The lowest BCUT2D eigenvalue weighted by atomic mass is 10.2. The van der Waals surface area contributed by atoms with Crippen LogP contribution in [0.3, 0.4) is 0 Å². The molecule has 0 bridgehead atoms. The Morgan fingerprint density at radius 2 is 2.00 bits per heavy atom. The van der Waals surface area contributed by atoms with Crippen molar-refractivity contribution in [1.29, 1.82) is 0 Å². The number of benzene rings is 1. The smallest absolute Gasteiger partial charge is 0.306 e. The number of hydrogen-bond acceptors (Lipinski definition) is 4. The lowest BCUT2D eigenvalue weighted by Crippen LogP contribution is -2.05. The van der Waals surface area contributed by atoms with Crippen LogP contribution in [0.4, 0.5) is 0 Å². The van der Waals surface area contributed by atoms with Crippen LogP contribution in [0, 0.1) is 0 Å². The molecule has 0 N–H and O–H groups in total. The number of carbonyl (C=O) groups is 1. The summed E-state index contributed by atoms with van der Waals surface area (Å²) in [6, 6.07) is 11.1. The molecule has 0 saturated heterocycles. The predicted octanol–water partition coefficient (Wildman–Crippen LogP) is 2.96. The molecule has 19 heavy (non-hydrogen) atoms. The second-order valence-electron chi connectivity index (χ2n) is 4.09. The first kappa shape index (κ1) is 13.2. The van der Waals surface area contributed by atoms with Gasteiger partial charge in [-0.1, -0.05) is 12.1 Å². The van der Waals surface area contributed by atoms with Gasteiger partial charge in [0.25, 0.3) is 0 Å². The van der Waals surface area contributed by atoms with Crippen molar-refractivity contribution < 1.29 is 18.7 Å². The van der Waals surface area contributed by atoms with Crippen LogP contribution < -0.4 is 4.74 Å². The summed E-state index contributed by atoms with van der Waals surface area (Å²) in [5.74, 6) is 1.35. The SMILES string of the molecule is COc1ccc(COC(=O)CCc2ccco2)cc1. The van der Waals surface area contributed by atoms with Crippen LogP contribution in [0.15, 0.2) is 47.1 Å². The van der Waals surface area contributed by atoms with E-state index in [0.717, 1.165) is 17.1 Å². The van der Waals surface area contributed by atoms with Crippen LogP contribution in [0.2, 0.25) is 0 Å². The van der Waals surface area contributed by atoms with E-state index in [1.165, 1.54) is 0 Å². The van der Waals surface area contributed by atoms with E-state index in [4.69, 9.17) is 13.9 Å². The molecule has 0 aliphatic heterocycles. The Hall–Kier alpha value is -2.23. The van der Waals surface area contributed by atoms with E-state index in [-0.39, 0.29) is 12.6 Å². The van der Waals surface area contributed by atoms with E-state index >= 15 is 0 Å². The van der Waals surface area contributed by atoms with Crippen molar-refractivity contribution >= 4 is 5.97 Å². The first-order valence-electron chi connectivity index (χ1n) is 6.09. The zero-order valence-corrected chi connectivity index (χ0v) is 10.8. The van der Waals surface area contributed by atoms with Crippen LogP contribution in [0.25, 0.3) is 0 Å². The van der Waals surface area contributed by atoms with Crippen molar-refractivity contribution in [2.75, 3.05) is 7.11 Å². The van der Waals surface area contributed by atoms with Gasteiger partial charge in [-0.05, 0) is 29.8 Å². The minimum atomic E-state index is -0.229. The molecule has 4 heteroatoms. The maximum atomic E-state index is 11.5. The van der Waals surface area contributed by atoms with Crippen molar-refractivity contribution in [3.63, 3.8) is 0 Å². The molecule has 2 rings (SSSR count). The average Bonchev–Trinajstić information content (AvgIpc) is 2.96. The third-order valence-corrected chi connectivity index (χ3v) is 2.71. The molecule has 0 amide bonds. The number of ether oxygens (including phenoxy) is 2. The minimum absolute atomic E-state index is 0.229. The molecular weight excluding hydrogens is 244 g/mol. The number of hydrogen-bond donors (Lipinski definition) is 0. The van der Waals surface area contributed by atoms with E-state index in [0.29, 0.717) is 12.8 Å². The maximum Gasteiger partial charge on any atom is 0.306 e. The summed E-state index contributed by atoms with van der Waals surface area (Å²) in [6.07, 6.45) is 2.48. The average molecular weight is 260 g/mol. The second-order valence-corrected chi connectivity index (χ2v) is 4.09. The number of furan rings is 1. The van der Waals surface area contributed by atoms with Crippen molar-refractivity contribution in [3.8, 4) is 5.75 Å². The summed E-state index contributed by atoms with van der Waals surface area (Å²) in [5.41, 5.74) is 0.937. The van der Waals surface area contributed by atoms with Gasteiger partial charge in [-0.15, -0.1) is 0 Å². The van der Waals surface area contributed by atoms with Gasteiger partial charge >= 0.3 is 5.97 Å². The monoisotopic (exact) mass is 260 g/mol. The molecule has 1 aromatic heterocycles. The molecule has 4 nitrogen and oxygen atoms in total. The van der Waals surface area contributed by atoms with Gasteiger partial charge < -0.3 is 13.9 Å². The lowest BCUT2D eigenvalue weighted by molar-refractivity contribution is -0.145. The van der Waals surface area contributed by atoms with Gasteiger partial charge in [-0.2, -0.15) is 0 Å². The Kier molecular flexibility index (Phi) is 4.61. The van der Waals surface area contributed by atoms with Crippen LogP contribution in [0.5, 0.6) is 5.75 Å². The van der Waals surface area contributed by atoms with Gasteiger partial charge in [0.15, 0.2) is 0 Å². The molecule has 0 aliphatic carbocycles. The Balaban J connectivity index is 1.73. The molecule has 0 fully saturated rings. The summed E-state index contributed by atoms with van der Waals surface area (Å²) in [5, 5.41) is 0. The number of methoxy groups -OCH3 is 1. The molecule has 0 spiro atoms. The number of rotatable bonds is 6. The molecule has 0 saturated carbocycles. The van der Waals surface area contributed by atoms with Gasteiger partial charge in [-0.3, -0.25) is 4.79 Å². The van der Waals surface area contributed by atoms with Gasteiger partial charge in [0, 0.05) is 6.42 Å². The fourth-order valence-corrected chi connectivity index (χ4v) is 1.64. The van der Waals surface area contributed by atoms with E-state index in [1.54, 1.807) is 19.4 Å². The molecule has 100 valence electrons. The third kappa shape index (κ3) is 4.17. The molecule has 0 atom stereocenters. The highest BCUT2D eigenvalue weighted by molar-refractivity contribution is 5.69. The van der Waals surface area contributed by atoms with E-state index in [9.17, 15) is 4.79 Å². The lowest BCUT2D eigenvalue weighted by Gasteiger charge is -2.05. The van der Waals surface area contributed by atoms with Crippen LogP contribution in [-0.2, 0) is 22.6 Å². The molecule has 0 unspecified atom stereocenters. The highest BCUT2D eigenvalue weighted by Gasteiger charge is 2.05. The highest BCUT2D eigenvalue weighted by Crippen LogP contribution is 2.12. The highest BCUT2D eigenvalue weighted by atomic mass is 16.5. The summed E-state index contributed by atoms with van der Waals surface area (Å²) < 4.78 is 15.4. The van der Waals surface area contributed by atoms with Crippen molar-refractivity contribution in [2.45, 2.75) is 19.4 Å². The summed E-state index contributed by atoms with van der Waals surface area (Å²) in [7, 11) is 1.61. The van der Waals surface area contributed by atoms with Crippen molar-refractivity contribution in [2.24, 2.45) is 0 Å². The van der Waals surface area contributed by atoms with Gasteiger partial charge in [0.2, 0.25) is 0 Å². The molecule has 1 aromatic carbocycles. The zero-order chi connectivity index (χ0) is 13.5. The Morgan fingerprint density at radius 3 is 2.63 bits per heavy atom. The molecular formula is C15H16O4. The van der Waals surface area contributed by atoms with E-state index < -0.39 is 0 Å². The number of aryl methyl sites for hydroxylation is 1. The fraction of sp³-hybridized carbons (Fsp3) is 0.267. The summed E-state index contributed by atoms with van der Waals surface area (Å²) >= 11 is 0. The zero-order valence-electron chi connectivity index (χ0n) is 10.8. The van der Waals surface area contributed by atoms with Gasteiger partial charge in [0.1, 0.15) is 18.1 Å². The van der Waals surface area contributed by atoms with Gasteiger partial charge in [-0.25, -0.2) is 0 Å². The second kappa shape index (κ2) is 6.64. The largest absolute Gasteiger partial charge is 0.497 e. The summed E-state index contributed by atoms with van der Waals surface area (Å²) in [6.45, 7) is 0.279. The Bertz CT molecular complexity index is 499. The number of carbonyl (C=O) groups excluding carboxylic acids is 1. The van der Waals surface area contributed by atoms with Crippen LogP contribution in [-0.4, -0.2) is 13.1 Å². The fourth-order valence-electron chi connectivity index (χ4n) is 1.64. The van der Waals surface area contributed by atoms with Crippen molar-refractivity contribution in [1.82, 2.24) is 0 Å². The Morgan fingerprint density at radius 1 is 1.21 bits per heavy atom. The van der Waals surface area contributed by atoms with Crippen molar-refractivity contribution in [3.05, 3.63) is 54.0 Å². The Labute approximate surface area is 111 Å². The number of esters is 1. The van der Waals surface area contributed by atoms with Gasteiger partial charge in [0.05, 0.1) is 19.8 Å². The van der Waals surface area contributed by atoms with Crippen LogP contribution in [0.1, 0.15) is 17.7 Å². The van der Waals surface area contributed by atoms with Crippen LogP contribution >= 0.6 is 0 Å². The summed E-state index contributed by atoms with van der Waals surface area (Å²) in [4.78, 5) is 11.5. The molecule has 1 heterocycles. The predicted molar refractivity (Wildman–Crippen MR) is 69.8 cm³/mol. The molecule has 2 aromatic rings. The van der Waals surface area contributed by atoms with E-state index in [1.807, 2.05) is 30.3 Å². The first-order valence-corrected chi connectivity index (χ1v) is 6.09. The normalized spacial score (nSPS) is 10.2. The van der Waals surface area contributed by atoms with E-state index in [2.05, 4.69) is 0 Å². The third-order valence-electron chi connectivity index (χ3n) is 2.71. The molecule has 0 aliphatic rings. The quantitative estimate of drug-likeness (QED) is 0.749. The molecule has 0 radical (unpaired) electrons. The minimum Gasteiger partial charge on any atom is -0.497 e. The topological polar surface area (TPSA) is 48.7 Å². The maximum absolute atomic E-state index is 11.5. The first-order chi connectivity index (χ1) is 9.28. The standard InChI is InChI=1S/C15H16O4/c1-17-13-6-4-12(5-7-13)11-19-15(16)9-8-14-3-2-10-18-14/h2-7,10H,8-9,11H2,1H3.